The highest BCUT2D eigenvalue weighted by molar-refractivity contribution is 6.35. The SMILES string of the molecule is Cc1nc(N2CCC3(CC2)CC(F)(F)C[C@H]3N)nc(C(N)=O)c1C1=CC=C[C@H](Cl)[C@@H]1Cl. The molecule has 4 N–H and O–H groups in total. The van der Waals surface area contributed by atoms with E-state index in [1.54, 1.807) is 25.2 Å². The summed E-state index contributed by atoms with van der Waals surface area (Å²) in [5, 5.41) is -0.994. The fraction of sp³-hybridized carbons (Fsp3) is 0.571. The second-order valence-electron chi connectivity index (χ2n) is 8.74. The summed E-state index contributed by atoms with van der Waals surface area (Å²) in [5.41, 5.74) is 12.9. The third-order valence-corrected chi connectivity index (χ3v) is 7.74. The van der Waals surface area contributed by atoms with Crippen LogP contribution >= 0.6 is 23.2 Å². The van der Waals surface area contributed by atoms with Crippen molar-refractivity contribution in [2.45, 2.75) is 55.3 Å². The Balaban J connectivity index is 1.62. The Morgan fingerprint density at radius 1 is 1.26 bits per heavy atom. The molecule has 6 nitrogen and oxygen atoms in total. The minimum Gasteiger partial charge on any atom is -0.364 e. The number of piperidine rings is 1. The predicted octanol–water partition coefficient (Wildman–Crippen LogP) is 3.39. The molecular weight excluding hydrogens is 447 g/mol. The van der Waals surface area contributed by atoms with Gasteiger partial charge in [0.05, 0.1) is 16.4 Å². The summed E-state index contributed by atoms with van der Waals surface area (Å²) in [6.45, 7) is 2.72. The molecule has 10 heteroatoms. The van der Waals surface area contributed by atoms with E-state index >= 15 is 0 Å². The Bertz CT molecular complexity index is 959. The molecule has 168 valence electrons. The number of amides is 1. The molecule has 1 aromatic heterocycles. The molecule has 2 heterocycles. The van der Waals surface area contributed by atoms with Crippen molar-refractivity contribution in [3.8, 4) is 0 Å². The number of nitrogens with two attached hydrogens (primary N) is 2. The minimum atomic E-state index is -2.71. The van der Waals surface area contributed by atoms with E-state index in [1.807, 2.05) is 4.90 Å². The Morgan fingerprint density at radius 2 is 1.94 bits per heavy atom. The summed E-state index contributed by atoms with van der Waals surface area (Å²) in [4.78, 5) is 23.2. The number of halogens is 4. The van der Waals surface area contributed by atoms with E-state index in [4.69, 9.17) is 34.7 Å². The van der Waals surface area contributed by atoms with Gasteiger partial charge in [0.25, 0.3) is 5.91 Å². The van der Waals surface area contributed by atoms with Crippen molar-refractivity contribution in [1.29, 1.82) is 0 Å². The first-order chi connectivity index (χ1) is 14.5. The van der Waals surface area contributed by atoms with E-state index in [0.717, 1.165) is 0 Å². The van der Waals surface area contributed by atoms with E-state index in [9.17, 15) is 13.6 Å². The first kappa shape index (κ1) is 22.4. The minimum absolute atomic E-state index is 0.0722. The topological polar surface area (TPSA) is 98.1 Å². The van der Waals surface area contributed by atoms with Crippen molar-refractivity contribution >= 4 is 40.6 Å². The van der Waals surface area contributed by atoms with Crippen LogP contribution in [0.4, 0.5) is 14.7 Å². The molecule has 0 radical (unpaired) electrons. The fourth-order valence-electron chi connectivity index (χ4n) is 5.03. The molecule has 0 aromatic carbocycles. The van der Waals surface area contributed by atoms with E-state index in [2.05, 4.69) is 9.97 Å². The highest BCUT2D eigenvalue weighted by Gasteiger charge is 2.55. The molecule has 31 heavy (non-hydrogen) atoms. The lowest BCUT2D eigenvalue weighted by Gasteiger charge is -2.41. The molecule has 1 spiro atoms. The van der Waals surface area contributed by atoms with E-state index < -0.39 is 34.0 Å². The first-order valence-electron chi connectivity index (χ1n) is 10.3. The fourth-order valence-corrected chi connectivity index (χ4v) is 5.51. The predicted molar refractivity (Wildman–Crippen MR) is 118 cm³/mol. The van der Waals surface area contributed by atoms with E-state index in [1.165, 1.54) is 0 Å². The number of anilines is 1. The number of aromatic nitrogens is 2. The van der Waals surface area contributed by atoms with Gasteiger partial charge in [-0.15, -0.1) is 23.2 Å². The highest BCUT2D eigenvalue weighted by Crippen LogP contribution is 2.52. The van der Waals surface area contributed by atoms with Crippen molar-refractivity contribution in [3.63, 3.8) is 0 Å². The smallest absolute Gasteiger partial charge is 0.268 e. The molecule has 0 unspecified atom stereocenters. The Labute approximate surface area is 189 Å². The number of alkyl halides is 4. The van der Waals surface area contributed by atoms with Crippen LogP contribution in [-0.2, 0) is 0 Å². The lowest BCUT2D eigenvalue weighted by Crippen LogP contribution is -2.47. The molecule has 2 fully saturated rings. The van der Waals surface area contributed by atoms with E-state index in [-0.39, 0.29) is 18.5 Å². The Morgan fingerprint density at radius 3 is 2.52 bits per heavy atom. The van der Waals surface area contributed by atoms with Crippen LogP contribution in [0.5, 0.6) is 0 Å². The van der Waals surface area contributed by atoms with Gasteiger partial charge in [-0.2, -0.15) is 0 Å². The van der Waals surface area contributed by atoms with Crippen LogP contribution in [0.2, 0.25) is 0 Å². The van der Waals surface area contributed by atoms with Crippen LogP contribution in [0.15, 0.2) is 18.2 Å². The summed E-state index contributed by atoms with van der Waals surface area (Å²) in [6.07, 6.45) is 5.90. The molecule has 1 aromatic rings. The van der Waals surface area contributed by atoms with Gasteiger partial charge in [-0.25, -0.2) is 18.7 Å². The number of carbonyl (C=O) groups is 1. The molecule has 1 aliphatic heterocycles. The summed E-state index contributed by atoms with van der Waals surface area (Å²) in [6, 6.07) is -0.522. The van der Waals surface area contributed by atoms with Crippen LogP contribution in [0.1, 0.15) is 47.4 Å². The average Bonchev–Trinajstić information content (AvgIpc) is 2.92. The standard InChI is InChI=1S/C21H25Cl2F2N5O/c1-11-15(12-3-2-4-13(22)16(12)23)17(18(27)31)29-19(28-11)30-7-5-20(6-8-30)10-21(24,25)9-14(20)26/h2-4,13-14,16H,5-10,26H2,1H3,(H2,27,31)/t13-,14+,16+/m0/s1. The summed E-state index contributed by atoms with van der Waals surface area (Å²) in [7, 11) is 0. The zero-order chi connectivity index (χ0) is 22.6. The van der Waals surface area contributed by atoms with E-state index in [0.29, 0.717) is 48.7 Å². The highest BCUT2D eigenvalue weighted by atomic mass is 35.5. The number of carbonyl (C=O) groups excluding carboxylic acids is 1. The monoisotopic (exact) mass is 471 g/mol. The normalized spacial score (nSPS) is 29.3. The molecule has 1 saturated heterocycles. The molecule has 3 atom stereocenters. The van der Waals surface area contributed by atoms with Crippen molar-refractivity contribution in [1.82, 2.24) is 9.97 Å². The lowest BCUT2D eigenvalue weighted by molar-refractivity contribution is -0.00686. The Kier molecular flexibility index (Phi) is 5.77. The third-order valence-electron chi connectivity index (χ3n) is 6.71. The van der Waals surface area contributed by atoms with Crippen molar-refractivity contribution in [2.75, 3.05) is 18.0 Å². The first-order valence-corrected chi connectivity index (χ1v) is 11.1. The Hall–Kier alpha value is -1.77. The van der Waals surface area contributed by atoms with Crippen LogP contribution in [0.3, 0.4) is 0 Å². The maximum atomic E-state index is 13.9. The number of aryl methyl sites for hydroxylation is 1. The van der Waals surface area contributed by atoms with Crippen LogP contribution < -0.4 is 16.4 Å². The second kappa shape index (κ2) is 7.98. The summed E-state index contributed by atoms with van der Waals surface area (Å²) < 4.78 is 27.8. The average molecular weight is 472 g/mol. The number of hydrogen-bond acceptors (Lipinski definition) is 5. The molecule has 1 saturated carbocycles. The summed E-state index contributed by atoms with van der Waals surface area (Å²) in [5.74, 6) is -3.06. The maximum absolute atomic E-state index is 13.9. The number of nitrogens with zero attached hydrogens (tertiary/aromatic N) is 3. The largest absolute Gasteiger partial charge is 0.364 e. The van der Waals surface area contributed by atoms with Gasteiger partial charge >= 0.3 is 0 Å². The zero-order valence-electron chi connectivity index (χ0n) is 17.1. The number of rotatable bonds is 3. The quantitative estimate of drug-likeness (QED) is 0.658. The van der Waals surface area contributed by atoms with Crippen LogP contribution in [0.25, 0.3) is 5.57 Å². The van der Waals surface area contributed by atoms with Crippen molar-refractivity contribution < 1.29 is 13.6 Å². The zero-order valence-corrected chi connectivity index (χ0v) is 18.6. The maximum Gasteiger partial charge on any atom is 0.268 e. The number of allylic oxidation sites excluding steroid dienone is 4. The molecule has 0 bridgehead atoms. The van der Waals surface area contributed by atoms with Gasteiger partial charge in [-0.05, 0) is 30.8 Å². The molecule has 3 aliphatic rings. The number of hydrogen-bond donors (Lipinski definition) is 2. The van der Waals surface area contributed by atoms with Gasteiger partial charge in [-0.3, -0.25) is 4.79 Å². The third kappa shape index (κ3) is 4.05. The van der Waals surface area contributed by atoms with Gasteiger partial charge < -0.3 is 16.4 Å². The molecule has 4 rings (SSSR count). The van der Waals surface area contributed by atoms with Gasteiger partial charge in [0, 0.05) is 37.5 Å². The van der Waals surface area contributed by atoms with Gasteiger partial charge in [0.15, 0.2) is 0 Å². The van der Waals surface area contributed by atoms with Crippen molar-refractivity contribution in [2.24, 2.45) is 16.9 Å². The van der Waals surface area contributed by atoms with Gasteiger partial charge in [0.2, 0.25) is 11.9 Å². The lowest BCUT2D eigenvalue weighted by atomic mass is 9.74. The second-order valence-corrected chi connectivity index (χ2v) is 9.72. The molecular formula is C21H25Cl2F2N5O. The van der Waals surface area contributed by atoms with Gasteiger partial charge in [0.1, 0.15) is 5.69 Å². The molecule has 1 amide bonds. The summed E-state index contributed by atoms with van der Waals surface area (Å²) >= 11 is 12.7. The van der Waals surface area contributed by atoms with Crippen LogP contribution in [-0.4, -0.2) is 51.7 Å². The van der Waals surface area contributed by atoms with Gasteiger partial charge in [-0.1, -0.05) is 18.2 Å². The number of primary amides is 1. The van der Waals surface area contributed by atoms with Crippen LogP contribution in [0, 0.1) is 12.3 Å². The molecule has 2 aliphatic carbocycles. The van der Waals surface area contributed by atoms with Crippen molar-refractivity contribution in [3.05, 3.63) is 35.2 Å².